The highest BCUT2D eigenvalue weighted by atomic mass is 16.5. The van der Waals surface area contributed by atoms with Gasteiger partial charge in [0.2, 0.25) is 5.91 Å². The van der Waals surface area contributed by atoms with E-state index in [1.165, 1.54) is 0 Å². The molecule has 0 aromatic heterocycles. The summed E-state index contributed by atoms with van der Waals surface area (Å²) in [5, 5.41) is 2.80. The van der Waals surface area contributed by atoms with Crippen LogP contribution in [0.15, 0.2) is 42.5 Å². The Hall–Kier alpha value is -3.06. The number of nitrogens with two attached hydrogens (primary N) is 1. The van der Waals surface area contributed by atoms with Gasteiger partial charge in [-0.3, -0.25) is 14.5 Å². The van der Waals surface area contributed by atoms with E-state index in [1.807, 2.05) is 18.2 Å². The van der Waals surface area contributed by atoms with E-state index < -0.39 is 5.91 Å². The van der Waals surface area contributed by atoms with Gasteiger partial charge in [0.15, 0.2) is 0 Å². The van der Waals surface area contributed by atoms with Crippen molar-refractivity contribution in [2.75, 3.05) is 26.1 Å². The van der Waals surface area contributed by atoms with Crippen LogP contribution >= 0.6 is 0 Å². The van der Waals surface area contributed by atoms with E-state index in [0.717, 1.165) is 29.9 Å². The molecule has 0 spiro atoms. The molecule has 2 amide bonds. The zero-order valence-corrected chi connectivity index (χ0v) is 16.1. The van der Waals surface area contributed by atoms with Gasteiger partial charge in [0, 0.05) is 18.2 Å². The van der Waals surface area contributed by atoms with Gasteiger partial charge in [-0.05, 0) is 43.2 Å². The number of hydrogen-bond donors (Lipinski definition) is 2. The summed E-state index contributed by atoms with van der Waals surface area (Å²) >= 11 is 0. The number of carbonyl (C=O) groups is 2. The number of amides is 2. The molecule has 3 rings (SSSR count). The van der Waals surface area contributed by atoms with Gasteiger partial charge < -0.3 is 20.5 Å². The number of primary amides is 1. The molecule has 0 heterocycles. The van der Waals surface area contributed by atoms with Crippen molar-refractivity contribution in [2.24, 2.45) is 5.73 Å². The van der Waals surface area contributed by atoms with Crippen LogP contribution in [0.25, 0.3) is 0 Å². The predicted octanol–water partition coefficient (Wildman–Crippen LogP) is 2.41. The molecular weight excluding hydrogens is 358 g/mol. The molecule has 1 saturated carbocycles. The molecule has 3 N–H and O–H groups in total. The van der Waals surface area contributed by atoms with E-state index >= 15 is 0 Å². The number of methoxy groups -OCH3 is 2. The molecule has 0 atom stereocenters. The summed E-state index contributed by atoms with van der Waals surface area (Å²) in [5.41, 5.74) is 7.06. The lowest BCUT2D eigenvalue weighted by atomic mass is 10.1. The van der Waals surface area contributed by atoms with Crippen molar-refractivity contribution in [2.45, 2.75) is 25.4 Å². The predicted molar refractivity (Wildman–Crippen MR) is 107 cm³/mol. The van der Waals surface area contributed by atoms with Crippen molar-refractivity contribution in [3.05, 3.63) is 53.6 Å². The molecule has 1 aliphatic carbocycles. The number of anilines is 1. The first-order valence-corrected chi connectivity index (χ1v) is 9.15. The summed E-state index contributed by atoms with van der Waals surface area (Å²) in [5.74, 6) is 0.732. The van der Waals surface area contributed by atoms with Gasteiger partial charge in [-0.2, -0.15) is 0 Å². The largest absolute Gasteiger partial charge is 0.497 e. The summed E-state index contributed by atoms with van der Waals surface area (Å²) in [6.45, 7) is 0.772. The maximum Gasteiger partial charge on any atom is 0.250 e. The summed E-state index contributed by atoms with van der Waals surface area (Å²) in [6, 6.07) is 12.7. The maximum absolute atomic E-state index is 12.6. The molecule has 7 nitrogen and oxygen atoms in total. The third kappa shape index (κ3) is 4.80. The van der Waals surface area contributed by atoms with Gasteiger partial charge in [-0.25, -0.2) is 0 Å². The fourth-order valence-corrected chi connectivity index (χ4v) is 3.16. The summed E-state index contributed by atoms with van der Waals surface area (Å²) in [7, 11) is 3.24. The van der Waals surface area contributed by atoms with Gasteiger partial charge in [0.1, 0.15) is 11.5 Å². The molecule has 0 saturated heterocycles. The van der Waals surface area contributed by atoms with E-state index in [0.29, 0.717) is 23.8 Å². The van der Waals surface area contributed by atoms with Crippen molar-refractivity contribution >= 4 is 17.5 Å². The van der Waals surface area contributed by atoms with Gasteiger partial charge in [-0.15, -0.1) is 0 Å². The van der Waals surface area contributed by atoms with Crippen molar-refractivity contribution in [3.63, 3.8) is 0 Å². The first-order chi connectivity index (χ1) is 13.5. The van der Waals surface area contributed by atoms with Gasteiger partial charge in [0.05, 0.1) is 32.0 Å². The van der Waals surface area contributed by atoms with Crippen molar-refractivity contribution in [1.29, 1.82) is 0 Å². The summed E-state index contributed by atoms with van der Waals surface area (Å²) < 4.78 is 10.8. The Morgan fingerprint density at radius 1 is 1.14 bits per heavy atom. The normalized spacial score (nSPS) is 13.2. The zero-order chi connectivity index (χ0) is 20.1. The van der Waals surface area contributed by atoms with Crippen LogP contribution in [0.1, 0.15) is 28.8 Å². The fraction of sp³-hybridized carbons (Fsp3) is 0.333. The van der Waals surface area contributed by atoms with Crippen LogP contribution in [-0.4, -0.2) is 43.5 Å². The van der Waals surface area contributed by atoms with Crippen LogP contribution in [0.5, 0.6) is 11.5 Å². The van der Waals surface area contributed by atoms with Crippen LogP contribution in [0.2, 0.25) is 0 Å². The maximum atomic E-state index is 12.6. The van der Waals surface area contributed by atoms with Crippen LogP contribution < -0.4 is 20.5 Å². The minimum atomic E-state index is -0.573. The van der Waals surface area contributed by atoms with Crippen molar-refractivity contribution in [3.8, 4) is 11.5 Å². The minimum Gasteiger partial charge on any atom is -0.497 e. The van der Waals surface area contributed by atoms with Crippen LogP contribution in [0.4, 0.5) is 5.69 Å². The van der Waals surface area contributed by atoms with E-state index in [2.05, 4.69) is 10.2 Å². The number of ether oxygens (including phenoxy) is 2. The zero-order valence-electron chi connectivity index (χ0n) is 16.1. The number of nitrogens with zero attached hydrogens (tertiary/aromatic N) is 1. The SMILES string of the molecule is COc1ccc(OC)c(CN(CC(=O)Nc2ccccc2C(N)=O)C2CC2)c1. The lowest BCUT2D eigenvalue weighted by Crippen LogP contribution is -2.35. The second kappa shape index (κ2) is 8.75. The molecule has 1 aliphatic rings. The topological polar surface area (TPSA) is 93.9 Å². The first-order valence-electron chi connectivity index (χ1n) is 9.15. The molecule has 2 aromatic rings. The summed E-state index contributed by atoms with van der Waals surface area (Å²) in [4.78, 5) is 26.3. The molecule has 28 heavy (non-hydrogen) atoms. The molecule has 0 radical (unpaired) electrons. The Morgan fingerprint density at radius 3 is 2.54 bits per heavy atom. The molecule has 0 aliphatic heterocycles. The molecule has 0 unspecified atom stereocenters. The molecule has 1 fully saturated rings. The summed E-state index contributed by atoms with van der Waals surface area (Å²) in [6.07, 6.45) is 2.11. The number of rotatable bonds is 9. The average molecular weight is 383 g/mol. The van der Waals surface area contributed by atoms with Crippen LogP contribution in [-0.2, 0) is 11.3 Å². The Kier molecular flexibility index (Phi) is 6.16. The number of nitrogens with one attached hydrogen (secondary N) is 1. The first kappa shape index (κ1) is 19.7. The van der Waals surface area contributed by atoms with E-state index in [1.54, 1.807) is 38.5 Å². The lowest BCUT2D eigenvalue weighted by molar-refractivity contribution is -0.117. The van der Waals surface area contributed by atoms with E-state index in [4.69, 9.17) is 15.2 Å². The second-order valence-electron chi connectivity index (χ2n) is 6.77. The quantitative estimate of drug-likeness (QED) is 0.693. The average Bonchev–Trinajstić information content (AvgIpc) is 3.53. The highest BCUT2D eigenvalue weighted by molar-refractivity contribution is 6.03. The lowest BCUT2D eigenvalue weighted by Gasteiger charge is -2.23. The molecule has 2 aromatic carbocycles. The van der Waals surface area contributed by atoms with Crippen molar-refractivity contribution in [1.82, 2.24) is 4.90 Å². The highest BCUT2D eigenvalue weighted by Gasteiger charge is 2.31. The number of carbonyl (C=O) groups excluding carboxylic acids is 2. The molecule has 148 valence electrons. The Labute approximate surface area is 164 Å². The van der Waals surface area contributed by atoms with Gasteiger partial charge in [-0.1, -0.05) is 12.1 Å². The van der Waals surface area contributed by atoms with Crippen LogP contribution in [0, 0.1) is 0 Å². The Balaban J connectivity index is 1.72. The Morgan fingerprint density at radius 2 is 1.89 bits per heavy atom. The van der Waals surface area contributed by atoms with E-state index in [-0.39, 0.29) is 12.5 Å². The highest BCUT2D eigenvalue weighted by Crippen LogP contribution is 2.31. The fourth-order valence-electron chi connectivity index (χ4n) is 3.16. The van der Waals surface area contributed by atoms with Crippen LogP contribution in [0.3, 0.4) is 0 Å². The number of para-hydroxylation sites is 1. The number of hydrogen-bond acceptors (Lipinski definition) is 5. The van der Waals surface area contributed by atoms with Gasteiger partial charge >= 0.3 is 0 Å². The van der Waals surface area contributed by atoms with Crippen molar-refractivity contribution < 1.29 is 19.1 Å². The molecule has 0 bridgehead atoms. The smallest absolute Gasteiger partial charge is 0.250 e. The standard InChI is InChI=1S/C21H25N3O4/c1-27-16-9-10-19(28-2)14(11-16)12-24(15-7-8-15)13-20(25)23-18-6-4-3-5-17(18)21(22)26/h3-6,9-11,15H,7-8,12-13H2,1-2H3,(H2,22,26)(H,23,25). The molecular formula is C21H25N3O4. The Bertz CT molecular complexity index is 864. The molecule has 7 heteroatoms. The number of benzene rings is 2. The second-order valence-corrected chi connectivity index (χ2v) is 6.77. The van der Waals surface area contributed by atoms with E-state index in [9.17, 15) is 9.59 Å². The third-order valence-electron chi connectivity index (χ3n) is 4.74. The third-order valence-corrected chi connectivity index (χ3v) is 4.74. The van der Waals surface area contributed by atoms with Gasteiger partial charge in [0.25, 0.3) is 5.91 Å². The minimum absolute atomic E-state index is 0.192. The monoisotopic (exact) mass is 383 g/mol.